The Morgan fingerprint density at radius 3 is 1.52 bits per heavy atom. The monoisotopic (exact) mass is 381 g/mol. The Labute approximate surface area is 173 Å². The van der Waals surface area contributed by atoms with Crippen LogP contribution in [0, 0.1) is 18.3 Å². The Balaban J connectivity index is -0.000000122. The summed E-state index contributed by atoms with van der Waals surface area (Å²) in [6.07, 6.45) is 14.1. The van der Waals surface area contributed by atoms with E-state index in [1.54, 1.807) is 42.3 Å². The molecule has 0 aromatic heterocycles. The average Bonchev–Trinajstić information content (AvgIpc) is 2.98. The normalized spacial score (nSPS) is 18.1. The summed E-state index contributed by atoms with van der Waals surface area (Å²) in [5, 5.41) is 10.5. The fourth-order valence-electron chi connectivity index (χ4n) is 1.69. The van der Waals surface area contributed by atoms with Crippen LogP contribution in [0.3, 0.4) is 0 Å². The minimum Gasteiger partial charge on any atom is -0.668 e. The molecule has 2 aliphatic rings. The molecular formula is C21H39N3Ti. The molecule has 0 heterocycles. The van der Waals surface area contributed by atoms with Gasteiger partial charge in [0.1, 0.15) is 0 Å². The van der Waals surface area contributed by atoms with Gasteiger partial charge in [-0.2, -0.15) is 48.7 Å². The zero-order valence-corrected chi connectivity index (χ0v) is 19.3. The van der Waals surface area contributed by atoms with Gasteiger partial charge < -0.3 is 22.4 Å². The number of hydrogen-bond donors (Lipinski definition) is 0. The predicted octanol–water partition coefficient (Wildman–Crippen LogP) is 6.34. The van der Waals surface area contributed by atoms with Gasteiger partial charge in [-0.25, -0.2) is 0 Å². The molecule has 25 heavy (non-hydrogen) atoms. The third-order valence-corrected chi connectivity index (χ3v) is 2.96. The van der Waals surface area contributed by atoms with E-state index in [-0.39, 0.29) is 21.7 Å². The van der Waals surface area contributed by atoms with E-state index in [4.69, 9.17) is 0 Å². The van der Waals surface area contributed by atoms with Crippen LogP contribution in [0.5, 0.6) is 0 Å². The largest absolute Gasteiger partial charge is 4.00 e. The van der Waals surface area contributed by atoms with E-state index in [1.165, 1.54) is 12.8 Å². The maximum Gasteiger partial charge on any atom is 4.00 e. The molecule has 2 rings (SSSR count). The Hall–Kier alpha value is -0.446. The van der Waals surface area contributed by atoms with Gasteiger partial charge in [-0.15, -0.1) is 12.0 Å². The SMILES string of the molecule is C1=CC2[CH-]CCC2C=C1.C=C(C)C(=C)C.C[N-]C.C[N-]C.C[N-]C.[Ti+4]. The third kappa shape index (κ3) is 25.9. The van der Waals surface area contributed by atoms with Crippen LogP contribution in [-0.2, 0) is 21.7 Å². The van der Waals surface area contributed by atoms with Crippen LogP contribution in [0.15, 0.2) is 48.6 Å². The Morgan fingerprint density at radius 1 is 0.840 bits per heavy atom. The summed E-state index contributed by atoms with van der Waals surface area (Å²) in [5.74, 6) is 1.62. The smallest absolute Gasteiger partial charge is 0.668 e. The molecule has 0 aliphatic heterocycles. The van der Waals surface area contributed by atoms with Crippen LogP contribution in [0.25, 0.3) is 16.0 Å². The summed E-state index contributed by atoms with van der Waals surface area (Å²) in [7, 11) is 10.5. The number of fused-ring (bicyclic) bond motifs is 1. The van der Waals surface area contributed by atoms with Gasteiger partial charge in [0.05, 0.1) is 0 Å². The second-order valence-electron chi connectivity index (χ2n) is 5.73. The molecule has 2 unspecified atom stereocenters. The van der Waals surface area contributed by atoms with Crippen molar-refractivity contribution in [2.24, 2.45) is 11.8 Å². The summed E-state index contributed by atoms with van der Waals surface area (Å²) >= 11 is 0. The second kappa shape index (κ2) is 25.8. The van der Waals surface area contributed by atoms with Gasteiger partial charge in [0.15, 0.2) is 0 Å². The Kier molecular flexibility index (Phi) is 33.3. The molecule has 0 N–H and O–H groups in total. The fourth-order valence-corrected chi connectivity index (χ4v) is 1.69. The molecule has 0 amide bonds. The van der Waals surface area contributed by atoms with Crippen LogP contribution < -0.4 is 0 Å². The summed E-state index contributed by atoms with van der Waals surface area (Å²) in [6, 6.07) is 0. The maximum absolute atomic E-state index is 3.66. The van der Waals surface area contributed by atoms with Crippen molar-refractivity contribution in [3.63, 3.8) is 0 Å². The fraction of sp³-hybridized carbons (Fsp3) is 0.571. The van der Waals surface area contributed by atoms with Gasteiger partial charge in [-0.3, -0.25) is 0 Å². The van der Waals surface area contributed by atoms with Crippen LogP contribution in [0.2, 0.25) is 0 Å². The zero-order valence-electron chi connectivity index (χ0n) is 17.7. The first-order chi connectivity index (χ1) is 11.4. The molecule has 142 valence electrons. The van der Waals surface area contributed by atoms with E-state index in [9.17, 15) is 0 Å². The first-order valence-corrected chi connectivity index (χ1v) is 8.29. The molecule has 4 heteroatoms. The van der Waals surface area contributed by atoms with E-state index >= 15 is 0 Å². The van der Waals surface area contributed by atoms with Crippen molar-refractivity contribution in [2.45, 2.75) is 26.7 Å². The Bertz CT molecular complexity index is 314. The van der Waals surface area contributed by atoms with Crippen molar-refractivity contribution >= 4 is 0 Å². The molecular weight excluding hydrogens is 342 g/mol. The molecule has 0 aromatic carbocycles. The van der Waals surface area contributed by atoms with Gasteiger partial charge in [-0.05, 0) is 19.8 Å². The minimum atomic E-state index is 0. The first-order valence-electron chi connectivity index (χ1n) is 8.29. The number of rotatable bonds is 1. The van der Waals surface area contributed by atoms with Gasteiger partial charge in [0, 0.05) is 0 Å². The van der Waals surface area contributed by atoms with Crippen molar-refractivity contribution < 1.29 is 21.7 Å². The van der Waals surface area contributed by atoms with E-state index in [0.717, 1.165) is 23.0 Å². The first kappa shape index (κ1) is 32.2. The quantitative estimate of drug-likeness (QED) is 0.289. The zero-order chi connectivity index (χ0) is 19.4. The average molecular weight is 381 g/mol. The summed E-state index contributed by atoms with van der Waals surface area (Å²) < 4.78 is 0. The van der Waals surface area contributed by atoms with Gasteiger partial charge >= 0.3 is 21.7 Å². The van der Waals surface area contributed by atoms with E-state index in [2.05, 4.69) is 59.8 Å². The van der Waals surface area contributed by atoms with Gasteiger partial charge in [0.2, 0.25) is 0 Å². The molecule has 3 nitrogen and oxygen atoms in total. The predicted molar refractivity (Wildman–Crippen MR) is 114 cm³/mol. The minimum absolute atomic E-state index is 0. The number of allylic oxidation sites excluding steroid dienone is 6. The number of nitrogens with zero attached hydrogens (tertiary/aromatic N) is 3. The van der Waals surface area contributed by atoms with Crippen LogP contribution >= 0.6 is 0 Å². The van der Waals surface area contributed by atoms with Crippen LogP contribution in [-0.4, -0.2) is 42.3 Å². The molecule has 0 aromatic rings. The molecule has 0 radical (unpaired) electrons. The van der Waals surface area contributed by atoms with Crippen molar-refractivity contribution in [3.8, 4) is 0 Å². The maximum atomic E-state index is 3.66. The van der Waals surface area contributed by atoms with Gasteiger partial charge in [0.25, 0.3) is 0 Å². The van der Waals surface area contributed by atoms with Crippen LogP contribution in [0.4, 0.5) is 0 Å². The Morgan fingerprint density at radius 2 is 1.20 bits per heavy atom. The molecule has 1 fully saturated rings. The van der Waals surface area contributed by atoms with Crippen molar-refractivity contribution in [1.82, 2.24) is 0 Å². The number of hydrogen-bond acceptors (Lipinski definition) is 0. The van der Waals surface area contributed by atoms with Crippen molar-refractivity contribution in [1.29, 1.82) is 0 Å². The van der Waals surface area contributed by atoms with E-state index in [1.807, 2.05) is 13.8 Å². The van der Waals surface area contributed by atoms with Crippen molar-refractivity contribution in [2.75, 3.05) is 42.3 Å². The molecule has 0 saturated heterocycles. The summed E-state index contributed by atoms with van der Waals surface area (Å²) in [5.41, 5.74) is 2.13. The molecule has 2 atom stereocenters. The topological polar surface area (TPSA) is 42.3 Å². The van der Waals surface area contributed by atoms with E-state index in [0.29, 0.717) is 0 Å². The summed E-state index contributed by atoms with van der Waals surface area (Å²) in [4.78, 5) is 0. The molecule has 0 bridgehead atoms. The molecule has 1 saturated carbocycles. The third-order valence-electron chi connectivity index (χ3n) is 2.96. The standard InChI is InChI=1S/C9H11.C6H10.3C2H6N.Ti/c1-2-5-9-7-3-6-8(9)4-1;1-5(2)6(3)4;3*1-3-2;/h1-2,4-6,8-9H,3,7H2;1,3H2,2,4H3;3*1-2H3;/q-1;;3*-1;+4. The molecule has 0 spiro atoms. The molecule has 2 aliphatic carbocycles. The van der Waals surface area contributed by atoms with E-state index < -0.39 is 0 Å². The van der Waals surface area contributed by atoms with Crippen LogP contribution in [0.1, 0.15) is 26.7 Å². The second-order valence-corrected chi connectivity index (χ2v) is 5.73. The van der Waals surface area contributed by atoms with Gasteiger partial charge in [-0.1, -0.05) is 49.0 Å². The summed E-state index contributed by atoms with van der Waals surface area (Å²) in [6.45, 7) is 11.2. The van der Waals surface area contributed by atoms with Crippen molar-refractivity contribution in [3.05, 3.63) is 71.0 Å².